The Balaban J connectivity index is 2.75. The largest absolute Gasteiger partial charge is 0.376 e. The fourth-order valence-electron chi connectivity index (χ4n) is 1.16. The third kappa shape index (κ3) is 3.37. The molecule has 1 atom stereocenters. The summed E-state index contributed by atoms with van der Waals surface area (Å²) < 4.78 is 0. The number of nitro groups is 1. The fourth-order valence-corrected chi connectivity index (χ4v) is 1.16. The van der Waals surface area contributed by atoms with Crippen LogP contribution in [0.4, 0.5) is 5.69 Å². The highest BCUT2D eigenvalue weighted by atomic mass is 16.6. The highest BCUT2D eigenvalue weighted by Crippen LogP contribution is 2.17. The van der Waals surface area contributed by atoms with Crippen LogP contribution in [0.2, 0.25) is 0 Å². The van der Waals surface area contributed by atoms with Crippen molar-refractivity contribution in [2.75, 3.05) is 0 Å². The van der Waals surface area contributed by atoms with Gasteiger partial charge in [-0.25, -0.2) is 0 Å². The summed E-state index contributed by atoms with van der Waals surface area (Å²) >= 11 is 0. The lowest BCUT2D eigenvalue weighted by Crippen LogP contribution is -1.94. The van der Waals surface area contributed by atoms with Crippen molar-refractivity contribution in [1.82, 2.24) is 0 Å². The maximum absolute atomic E-state index is 10.4. The zero-order valence-corrected chi connectivity index (χ0v) is 9.01. The molecule has 1 rings (SSSR count). The number of benzene rings is 1. The van der Waals surface area contributed by atoms with Gasteiger partial charge in [-0.15, -0.1) is 5.92 Å². The van der Waals surface area contributed by atoms with Crippen LogP contribution in [0, 0.1) is 22.0 Å². The number of unbranched alkanes of at least 4 members (excludes halogenated alkanes) is 1. The summed E-state index contributed by atoms with van der Waals surface area (Å²) in [7, 11) is 0. The summed E-state index contributed by atoms with van der Waals surface area (Å²) in [5, 5.41) is 20.0. The summed E-state index contributed by atoms with van der Waals surface area (Å²) in [6.07, 6.45) is 0.816. The van der Waals surface area contributed by atoms with E-state index in [4.69, 9.17) is 0 Å². The van der Waals surface area contributed by atoms with Gasteiger partial charge in [-0.2, -0.15) is 0 Å². The lowest BCUT2D eigenvalue weighted by molar-refractivity contribution is -0.384. The van der Waals surface area contributed by atoms with E-state index in [1.807, 2.05) is 6.92 Å². The van der Waals surface area contributed by atoms with Crippen LogP contribution in [-0.4, -0.2) is 10.0 Å². The summed E-state index contributed by atoms with van der Waals surface area (Å²) in [5.74, 6) is 5.52. The van der Waals surface area contributed by atoms with Crippen LogP contribution in [0.3, 0.4) is 0 Å². The summed E-state index contributed by atoms with van der Waals surface area (Å²) in [4.78, 5) is 9.93. The second-order valence-corrected chi connectivity index (χ2v) is 3.32. The van der Waals surface area contributed by atoms with Crippen molar-refractivity contribution in [2.24, 2.45) is 0 Å². The van der Waals surface area contributed by atoms with Crippen molar-refractivity contribution < 1.29 is 10.0 Å². The summed E-state index contributed by atoms with van der Waals surface area (Å²) in [5.41, 5.74) is 0.590. The van der Waals surface area contributed by atoms with Gasteiger partial charge in [-0.05, 0) is 24.1 Å². The Morgan fingerprint density at radius 1 is 1.44 bits per heavy atom. The highest BCUT2D eigenvalue weighted by Gasteiger charge is 2.07. The first-order valence-corrected chi connectivity index (χ1v) is 5.06. The Labute approximate surface area is 94.1 Å². The monoisotopic (exact) mass is 219 g/mol. The number of hydrogen-bond donors (Lipinski definition) is 1. The fraction of sp³-hybridized carbons (Fsp3) is 0.333. The summed E-state index contributed by atoms with van der Waals surface area (Å²) in [6, 6.07) is 5.76. The van der Waals surface area contributed by atoms with Gasteiger partial charge in [0, 0.05) is 18.6 Å². The van der Waals surface area contributed by atoms with Crippen LogP contribution < -0.4 is 0 Å². The van der Waals surface area contributed by atoms with Crippen LogP contribution in [-0.2, 0) is 0 Å². The molecule has 0 aromatic heterocycles. The Bertz CT molecular complexity index is 414. The van der Waals surface area contributed by atoms with E-state index in [2.05, 4.69) is 11.8 Å². The van der Waals surface area contributed by atoms with Crippen molar-refractivity contribution >= 4 is 5.69 Å². The molecule has 1 unspecified atom stereocenters. The van der Waals surface area contributed by atoms with Gasteiger partial charge in [0.2, 0.25) is 0 Å². The standard InChI is InChI=1S/C12H13NO3/c1-2-3-4-5-12(14)10-6-8-11(9-7-10)13(15)16/h6-9,12,14H,2-3H2,1H3. The van der Waals surface area contributed by atoms with Gasteiger partial charge in [0.15, 0.2) is 0 Å². The van der Waals surface area contributed by atoms with Gasteiger partial charge in [-0.1, -0.05) is 12.8 Å². The molecule has 84 valence electrons. The molecule has 0 saturated heterocycles. The lowest BCUT2D eigenvalue weighted by Gasteiger charge is -2.02. The molecule has 0 amide bonds. The van der Waals surface area contributed by atoms with Crippen molar-refractivity contribution in [3.8, 4) is 11.8 Å². The minimum absolute atomic E-state index is 0.0115. The zero-order chi connectivity index (χ0) is 12.0. The quantitative estimate of drug-likeness (QED) is 0.482. The number of rotatable bonds is 3. The van der Waals surface area contributed by atoms with Crippen molar-refractivity contribution in [3.63, 3.8) is 0 Å². The first kappa shape index (κ1) is 12.2. The first-order valence-electron chi connectivity index (χ1n) is 5.06. The molecule has 0 bridgehead atoms. The number of hydrogen-bond acceptors (Lipinski definition) is 3. The SMILES string of the molecule is CCCC#CC(O)c1ccc([N+](=O)[O-])cc1. The zero-order valence-electron chi connectivity index (χ0n) is 9.01. The van der Waals surface area contributed by atoms with E-state index in [9.17, 15) is 15.2 Å². The second-order valence-electron chi connectivity index (χ2n) is 3.32. The van der Waals surface area contributed by atoms with Crippen molar-refractivity contribution in [3.05, 3.63) is 39.9 Å². The molecule has 0 spiro atoms. The van der Waals surface area contributed by atoms with Crippen LogP contribution in [0.15, 0.2) is 24.3 Å². The number of non-ortho nitro benzene ring substituents is 1. The molecular formula is C12H13NO3. The normalized spacial score (nSPS) is 11.4. The molecule has 4 heteroatoms. The summed E-state index contributed by atoms with van der Waals surface area (Å²) in [6.45, 7) is 2.01. The Kier molecular flexibility index (Phi) is 4.49. The molecule has 1 aromatic carbocycles. The topological polar surface area (TPSA) is 63.4 Å². The maximum atomic E-state index is 10.4. The molecule has 0 saturated carbocycles. The van der Waals surface area contributed by atoms with E-state index < -0.39 is 11.0 Å². The number of nitro benzene ring substituents is 1. The second kappa shape index (κ2) is 5.89. The molecular weight excluding hydrogens is 206 g/mol. The maximum Gasteiger partial charge on any atom is 0.269 e. The van der Waals surface area contributed by atoms with E-state index in [1.165, 1.54) is 24.3 Å². The first-order chi connectivity index (χ1) is 7.65. The Hall–Kier alpha value is -1.86. The number of nitrogens with zero attached hydrogens (tertiary/aromatic N) is 1. The van der Waals surface area contributed by atoms with Gasteiger partial charge >= 0.3 is 0 Å². The average Bonchev–Trinajstić information content (AvgIpc) is 2.29. The van der Waals surface area contributed by atoms with Gasteiger partial charge in [0.05, 0.1) is 4.92 Å². The van der Waals surface area contributed by atoms with Crippen molar-refractivity contribution in [2.45, 2.75) is 25.9 Å². The van der Waals surface area contributed by atoms with E-state index in [1.54, 1.807) is 0 Å². The molecule has 0 heterocycles. The minimum atomic E-state index is -0.868. The Morgan fingerprint density at radius 3 is 2.56 bits per heavy atom. The van der Waals surface area contributed by atoms with Crippen LogP contribution in [0.1, 0.15) is 31.4 Å². The van der Waals surface area contributed by atoms with E-state index >= 15 is 0 Å². The van der Waals surface area contributed by atoms with Crippen LogP contribution in [0.25, 0.3) is 0 Å². The molecule has 0 fully saturated rings. The molecule has 4 nitrogen and oxygen atoms in total. The average molecular weight is 219 g/mol. The molecule has 0 aliphatic carbocycles. The Morgan fingerprint density at radius 2 is 2.06 bits per heavy atom. The van der Waals surface area contributed by atoms with Gasteiger partial charge in [-0.3, -0.25) is 10.1 Å². The van der Waals surface area contributed by atoms with Gasteiger partial charge in [0.1, 0.15) is 6.10 Å². The van der Waals surface area contributed by atoms with E-state index in [0.29, 0.717) is 5.56 Å². The molecule has 0 radical (unpaired) electrons. The third-order valence-electron chi connectivity index (χ3n) is 2.03. The molecule has 16 heavy (non-hydrogen) atoms. The predicted molar refractivity (Wildman–Crippen MR) is 60.7 cm³/mol. The van der Waals surface area contributed by atoms with E-state index in [0.717, 1.165) is 12.8 Å². The van der Waals surface area contributed by atoms with Gasteiger partial charge < -0.3 is 5.11 Å². The lowest BCUT2D eigenvalue weighted by atomic mass is 10.1. The molecule has 1 aromatic rings. The van der Waals surface area contributed by atoms with Crippen LogP contribution >= 0.6 is 0 Å². The highest BCUT2D eigenvalue weighted by molar-refractivity contribution is 5.35. The minimum Gasteiger partial charge on any atom is -0.376 e. The molecule has 1 N–H and O–H groups in total. The van der Waals surface area contributed by atoms with Gasteiger partial charge in [0.25, 0.3) is 5.69 Å². The predicted octanol–water partition coefficient (Wildman–Crippen LogP) is 2.43. The third-order valence-corrected chi connectivity index (χ3v) is 2.03. The number of aliphatic hydroxyl groups excluding tert-OH is 1. The molecule has 0 aliphatic heterocycles. The van der Waals surface area contributed by atoms with Crippen LogP contribution in [0.5, 0.6) is 0 Å². The number of aliphatic hydroxyl groups is 1. The smallest absolute Gasteiger partial charge is 0.269 e. The van der Waals surface area contributed by atoms with Crippen molar-refractivity contribution in [1.29, 1.82) is 0 Å². The molecule has 0 aliphatic rings. The van der Waals surface area contributed by atoms with E-state index in [-0.39, 0.29) is 5.69 Å².